The molecule has 3 amide bonds. The van der Waals surface area contributed by atoms with Crippen molar-refractivity contribution in [3.05, 3.63) is 28.2 Å². The van der Waals surface area contributed by atoms with E-state index in [4.69, 9.17) is 16.9 Å². The Morgan fingerprint density at radius 2 is 2.18 bits per heavy atom. The van der Waals surface area contributed by atoms with Crippen LogP contribution in [0.4, 0.5) is 10.5 Å². The van der Waals surface area contributed by atoms with Crippen molar-refractivity contribution in [3.63, 3.8) is 0 Å². The predicted molar refractivity (Wildman–Crippen MR) is 66.7 cm³/mol. The van der Waals surface area contributed by atoms with Crippen LogP contribution in [0.15, 0.2) is 22.7 Å². The summed E-state index contributed by atoms with van der Waals surface area (Å²) >= 11 is 8.43. The van der Waals surface area contributed by atoms with E-state index in [0.29, 0.717) is 15.7 Å². The van der Waals surface area contributed by atoms with Gasteiger partial charge in [0.2, 0.25) is 5.91 Å². The number of amides is 3. The van der Waals surface area contributed by atoms with Gasteiger partial charge in [0.15, 0.2) is 0 Å². The Morgan fingerprint density at radius 3 is 2.71 bits per heavy atom. The van der Waals surface area contributed by atoms with E-state index in [9.17, 15) is 9.59 Å². The minimum Gasteiger partial charge on any atom is -0.307 e. The van der Waals surface area contributed by atoms with Gasteiger partial charge in [0, 0.05) is 4.47 Å². The molecule has 0 saturated heterocycles. The number of carbonyl (C=O) groups excluding carboxylic acids is 2. The van der Waals surface area contributed by atoms with E-state index in [1.165, 1.54) is 0 Å². The van der Waals surface area contributed by atoms with Gasteiger partial charge in [0.1, 0.15) is 5.88 Å². The van der Waals surface area contributed by atoms with Crippen LogP contribution in [0.5, 0.6) is 0 Å². The van der Waals surface area contributed by atoms with Gasteiger partial charge < -0.3 is 5.32 Å². The second-order valence-corrected chi connectivity index (χ2v) is 4.06. The highest BCUT2D eigenvalue weighted by molar-refractivity contribution is 9.10. The topological polar surface area (TPSA) is 82.0 Å². The Balaban J connectivity index is 2.73. The van der Waals surface area contributed by atoms with Crippen LogP contribution < -0.4 is 10.6 Å². The van der Waals surface area contributed by atoms with Gasteiger partial charge >= 0.3 is 6.03 Å². The summed E-state index contributed by atoms with van der Waals surface area (Å²) < 4.78 is 0.546. The third kappa shape index (κ3) is 4.06. The number of benzene rings is 1. The fraction of sp³-hybridized carbons (Fsp3) is 0.100. The molecular formula is C10H7BrClN3O2. The van der Waals surface area contributed by atoms with Crippen molar-refractivity contribution in [2.24, 2.45) is 0 Å². The molecule has 0 aliphatic heterocycles. The van der Waals surface area contributed by atoms with E-state index in [2.05, 4.69) is 21.2 Å². The van der Waals surface area contributed by atoms with Crippen molar-refractivity contribution >= 4 is 45.2 Å². The molecular weight excluding hydrogens is 309 g/mol. The maximum Gasteiger partial charge on any atom is 0.325 e. The average Bonchev–Trinajstić information content (AvgIpc) is 2.31. The van der Waals surface area contributed by atoms with Crippen molar-refractivity contribution in [1.29, 1.82) is 5.26 Å². The number of alkyl halides is 1. The Kier molecular flexibility index (Phi) is 4.94. The third-order valence-electron chi connectivity index (χ3n) is 1.72. The van der Waals surface area contributed by atoms with Crippen molar-refractivity contribution in [1.82, 2.24) is 5.32 Å². The number of halogens is 2. The largest absolute Gasteiger partial charge is 0.325 e. The highest BCUT2D eigenvalue weighted by atomic mass is 79.9. The monoisotopic (exact) mass is 315 g/mol. The fourth-order valence-electron chi connectivity index (χ4n) is 1.000. The summed E-state index contributed by atoms with van der Waals surface area (Å²) in [7, 11) is 0. The van der Waals surface area contributed by atoms with E-state index in [1.54, 1.807) is 18.2 Å². The van der Waals surface area contributed by atoms with Crippen molar-refractivity contribution in [3.8, 4) is 6.07 Å². The Hall–Kier alpha value is -1.58. The molecule has 0 heterocycles. The SMILES string of the molecule is N#Cc1ccc(NC(=O)NC(=O)CCl)c(Br)c1. The summed E-state index contributed by atoms with van der Waals surface area (Å²) in [5.74, 6) is -0.879. The van der Waals surface area contributed by atoms with E-state index in [1.807, 2.05) is 11.4 Å². The molecule has 0 saturated carbocycles. The summed E-state index contributed by atoms with van der Waals surface area (Å²) in [5, 5.41) is 13.1. The Labute approximate surface area is 111 Å². The molecule has 0 spiro atoms. The first-order valence-corrected chi connectivity index (χ1v) is 5.76. The number of nitrogens with one attached hydrogen (secondary N) is 2. The van der Waals surface area contributed by atoms with Gasteiger partial charge in [-0.05, 0) is 34.1 Å². The molecule has 7 heteroatoms. The number of hydrogen-bond donors (Lipinski definition) is 2. The van der Waals surface area contributed by atoms with Gasteiger partial charge in [-0.25, -0.2) is 4.79 Å². The number of imide groups is 1. The number of rotatable bonds is 2. The fourth-order valence-corrected chi connectivity index (χ4v) is 1.54. The van der Waals surface area contributed by atoms with Crippen LogP contribution in [0.25, 0.3) is 0 Å². The predicted octanol–water partition coefficient (Wildman–Crippen LogP) is 2.21. The maximum absolute atomic E-state index is 11.3. The van der Waals surface area contributed by atoms with Crippen LogP contribution >= 0.6 is 27.5 Å². The lowest BCUT2D eigenvalue weighted by Crippen LogP contribution is -2.35. The van der Waals surface area contributed by atoms with Gasteiger partial charge in [-0.1, -0.05) is 0 Å². The number of carbonyl (C=O) groups is 2. The minimum absolute atomic E-state index is 0.290. The highest BCUT2D eigenvalue weighted by Crippen LogP contribution is 2.23. The molecule has 88 valence electrons. The molecule has 0 unspecified atom stereocenters. The number of anilines is 1. The second kappa shape index (κ2) is 6.23. The first kappa shape index (κ1) is 13.5. The third-order valence-corrected chi connectivity index (χ3v) is 2.62. The van der Waals surface area contributed by atoms with Crippen LogP contribution in [0, 0.1) is 11.3 Å². The molecule has 0 aliphatic carbocycles. The molecule has 1 rings (SSSR count). The van der Waals surface area contributed by atoms with E-state index < -0.39 is 11.9 Å². The molecule has 17 heavy (non-hydrogen) atoms. The molecule has 2 N–H and O–H groups in total. The van der Waals surface area contributed by atoms with Crippen LogP contribution in [-0.2, 0) is 4.79 Å². The summed E-state index contributed by atoms with van der Waals surface area (Å²) in [5.41, 5.74) is 0.906. The summed E-state index contributed by atoms with van der Waals surface area (Å²) in [6.07, 6.45) is 0. The van der Waals surface area contributed by atoms with Gasteiger partial charge in [-0.2, -0.15) is 5.26 Å². The summed E-state index contributed by atoms with van der Waals surface area (Å²) in [6, 6.07) is 5.93. The van der Waals surface area contributed by atoms with Crippen molar-refractivity contribution in [2.75, 3.05) is 11.2 Å². The molecule has 0 atom stereocenters. The van der Waals surface area contributed by atoms with Crippen LogP contribution in [0.2, 0.25) is 0 Å². The minimum atomic E-state index is -0.680. The summed E-state index contributed by atoms with van der Waals surface area (Å²) in [4.78, 5) is 22.1. The zero-order valence-corrected chi connectivity index (χ0v) is 10.8. The Bertz CT molecular complexity index is 499. The van der Waals surface area contributed by atoms with Gasteiger partial charge in [0.05, 0.1) is 17.3 Å². The number of urea groups is 1. The molecule has 0 fully saturated rings. The smallest absolute Gasteiger partial charge is 0.307 e. The molecule has 1 aromatic carbocycles. The lowest BCUT2D eigenvalue weighted by Gasteiger charge is -2.07. The van der Waals surface area contributed by atoms with Gasteiger partial charge in [-0.15, -0.1) is 11.6 Å². The highest BCUT2D eigenvalue weighted by Gasteiger charge is 2.08. The second-order valence-electron chi connectivity index (χ2n) is 2.94. The zero-order chi connectivity index (χ0) is 12.8. The first-order valence-electron chi connectivity index (χ1n) is 4.43. The van der Waals surface area contributed by atoms with Crippen molar-refractivity contribution < 1.29 is 9.59 Å². The van der Waals surface area contributed by atoms with Gasteiger partial charge in [0.25, 0.3) is 0 Å². The van der Waals surface area contributed by atoms with E-state index in [0.717, 1.165) is 0 Å². The molecule has 0 radical (unpaired) electrons. The molecule has 0 aromatic heterocycles. The van der Waals surface area contributed by atoms with Crippen LogP contribution in [-0.4, -0.2) is 17.8 Å². The lowest BCUT2D eigenvalue weighted by atomic mass is 10.2. The van der Waals surface area contributed by atoms with E-state index in [-0.39, 0.29) is 5.88 Å². The van der Waals surface area contributed by atoms with Gasteiger partial charge in [-0.3, -0.25) is 10.1 Å². The normalized spacial score (nSPS) is 9.24. The maximum atomic E-state index is 11.3. The van der Waals surface area contributed by atoms with Crippen LogP contribution in [0.1, 0.15) is 5.56 Å². The average molecular weight is 317 g/mol. The zero-order valence-electron chi connectivity index (χ0n) is 8.46. The summed E-state index contributed by atoms with van der Waals surface area (Å²) in [6.45, 7) is 0. The number of nitriles is 1. The van der Waals surface area contributed by atoms with Crippen LogP contribution in [0.3, 0.4) is 0 Å². The van der Waals surface area contributed by atoms with Crippen molar-refractivity contribution in [2.45, 2.75) is 0 Å². The quantitative estimate of drug-likeness (QED) is 0.821. The molecule has 0 bridgehead atoms. The number of hydrogen-bond acceptors (Lipinski definition) is 3. The first-order chi connectivity index (χ1) is 8.06. The molecule has 1 aromatic rings. The van der Waals surface area contributed by atoms with E-state index >= 15 is 0 Å². The Morgan fingerprint density at radius 1 is 1.47 bits per heavy atom. The molecule has 0 aliphatic rings. The standard InChI is InChI=1S/C10H7BrClN3O2/c11-7-3-6(5-13)1-2-8(7)14-10(17)15-9(16)4-12/h1-3H,4H2,(H2,14,15,16,17). The lowest BCUT2D eigenvalue weighted by molar-refractivity contribution is -0.117. The molecule has 5 nitrogen and oxygen atoms in total. The number of nitrogens with zero attached hydrogens (tertiary/aromatic N) is 1.